The average Bonchev–Trinajstić information content (AvgIpc) is 2.26. The Kier molecular flexibility index (Phi) is 4.48. The first-order valence-corrected chi connectivity index (χ1v) is 5.97. The molecule has 0 spiro atoms. The molecule has 0 heterocycles. The van der Waals surface area contributed by atoms with Crippen molar-refractivity contribution in [3.8, 4) is 0 Å². The van der Waals surface area contributed by atoms with E-state index in [0.29, 0.717) is 24.3 Å². The largest absolute Gasteiger partial charge is 0.385 e. The van der Waals surface area contributed by atoms with Gasteiger partial charge in [-0.3, -0.25) is 0 Å². The highest BCUT2D eigenvalue weighted by molar-refractivity contribution is 5.24. The van der Waals surface area contributed by atoms with Gasteiger partial charge in [-0.2, -0.15) is 0 Å². The van der Waals surface area contributed by atoms with Crippen LogP contribution < -0.4 is 0 Å². The summed E-state index contributed by atoms with van der Waals surface area (Å²) < 4.78 is 13.6. The van der Waals surface area contributed by atoms with Crippen LogP contribution in [0.2, 0.25) is 0 Å². The van der Waals surface area contributed by atoms with Crippen LogP contribution in [-0.4, -0.2) is 5.11 Å². The number of hydrogen-bond donors (Lipinski definition) is 1. The molecule has 2 heteroatoms. The Morgan fingerprint density at radius 1 is 1.31 bits per heavy atom. The van der Waals surface area contributed by atoms with Crippen LogP contribution in [0.5, 0.6) is 0 Å². The number of aliphatic hydroxyl groups is 1. The van der Waals surface area contributed by atoms with E-state index in [-0.39, 0.29) is 5.82 Å². The Bertz CT molecular complexity index is 335. The lowest BCUT2D eigenvalue weighted by molar-refractivity contribution is 0.0148. The van der Waals surface area contributed by atoms with Crippen LogP contribution >= 0.6 is 0 Å². The smallest absolute Gasteiger partial charge is 0.129 e. The van der Waals surface area contributed by atoms with E-state index in [1.807, 2.05) is 6.92 Å². The maximum Gasteiger partial charge on any atom is 0.129 e. The topological polar surface area (TPSA) is 20.2 Å². The Morgan fingerprint density at radius 2 is 1.94 bits per heavy atom. The van der Waals surface area contributed by atoms with Crippen LogP contribution in [0.25, 0.3) is 0 Å². The molecule has 0 fully saturated rings. The predicted octanol–water partition coefficient (Wildman–Crippen LogP) is 3.86. The van der Waals surface area contributed by atoms with Crippen molar-refractivity contribution in [2.45, 2.75) is 45.6 Å². The lowest BCUT2D eigenvalue weighted by Gasteiger charge is -2.28. The van der Waals surface area contributed by atoms with Gasteiger partial charge in [-0.15, -0.1) is 0 Å². The Morgan fingerprint density at radius 3 is 2.44 bits per heavy atom. The van der Waals surface area contributed by atoms with E-state index in [0.717, 1.165) is 6.42 Å². The quantitative estimate of drug-likeness (QED) is 0.805. The van der Waals surface area contributed by atoms with E-state index in [2.05, 4.69) is 13.8 Å². The first-order chi connectivity index (χ1) is 7.49. The van der Waals surface area contributed by atoms with Crippen molar-refractivity contribution in [2.24, 2.45) is 5.92 Å². The zero-order valence-corrected chi connectivity index (χ0v) is 10.3. The molecule has 1 rings (SSSR count). The minimum atomic E-state index is -1.02. The highest BCUT2D eigenvalue weighted by atomic mass is 19.1. The van der Waals surface area contributed by atoms with Crippen molar-refractivity contribution >= 4 is 0 Å². The molecule has 1 N–H and O–H groups in total. The summed E-state index contributed by atoms with van der Waals surface area (Å²) >= 11 is 0. The van der Waals surface area contributed by atoms with Crippen LogP contribution in [0.1, 0.15) is 45.6 Å². The first kappa shape index (κ1) is 13.2. The summed E-state index contributed by atoms with van der Waals surface area (Å²) in [5.74, 6) is 0.209. The number of halogens is 1. The van der Waals surface area contributed by atoms with Crippen molar-refractivity contribution in [2.75, 3.05) is 0 Å². The molecular formula is C14H21FO. The summed E-state index contributed by atoms with van der Waals surface area (Å²) in [6.07, 6.45) is 2.06. The van der Waals surface area contributed by atoms with Crippen LogP contribution in [0.4, 0.5) is 4.39 Å². The first-order valence-electron chi connectivity index (χ1n) is 5.97. The number of hydrogen-bond acceptors (Lipinski definition) is 1. The lowest BCUT2D eigenvalue weighted by Crippen LogP contribution is -2.26. The molecule has 0 aliphatic carbocycles. The molecule has 0 bridgehead atoms. The summed E-state index contributed by atoms with van der Waals surface area (Å²) in [5, 5.41) is 10.5. The SMILES string of the molecule is CCC(O)(CCC(C)C)c1ccccc1F. The van der Waals surface area contributed by atoms with E-state index >= 15 is 0 Å². The minimum Gasteiger partial charge on any atom is -0.385 e. The van der Waals surface area contributed by atoms with Crippen molar-refractivity contribution in [1.82, 2.24) is 0 Å². The molecule has 0 aliphatic rings. The lowest BCUT2D eigenvalue weighted by atomic mass is 9.84. The Labute approximate surface area is 97.3 Å². The predicted molar refractivity (Wildman–Crippen MR) is 64.7 cm³/mol. The molecular weight excluding hydrogens is 203 g/mol. The summed E-state index contributed by atoms with van der Waals surface area (Å²) in [4.78, 5) is 0. The molecule has 1 atom stereocenters. The van der Waals surface area contributed by atoms with Gasteiger partial charge in [-0.1, -0.05) is 39.0 Å². The molecule has 0 amide bonds. The Hall–Kier alpha value is -0.890. The fourth-order valence-corrected chi connectivity index (χ4v) is 1.87. The third-order valence-electron chi connectivity index (χ3n) is 3.10. The third-order valence-corrected chi connectivity index (χ3v) is 3.10. The summed E-state index contributed by atoms with van der Waals surface area (Å²) in [7, 11) is 0. The van der Waals surface area contributed by atoms with Gasteiger partial charge in [0.2, 0.25) is 0 Å². The van der Waals surface area contributed by atoms with Gasteiger partial charge >= 0.3 is 0 Å². The van der Waals surface area contributed by atoms with Gasteiger partial charge in [-0.25, -0.2) is 4.39 Å². The fraction of sp³-hybridized carbons (Fsp3) is 0.571. The second-order valence-electron chi connectivity index (χ2n) is 4.80. The van der Waals surface area contributed by atoms with Crippen molar-refractivity contribution in [3.05, 3.63) is 35.6 Å². The molecule has 0 saturated carbocycles. The third kappa shape index (κ3) is 3.05. The number of benzene rings is 1. The van der Waals surface area contributed by atoms with Crippen molar-refractivity contribution in [1.29, 1.82) is 0 Å². The average molecular weight is 224 g/mol. The Balaban J connectivity index is 2.91. The highest BCUT2D eigenvalue weighted by Crippen LogP contribution is 2.32. The van der Waals surface area contributed by atoms with Crippen LogP contribution in [0.3, 0.4) is 0 Å². The van der Waals surface area contributed by atoms with Gasteiger partial charge in [0.15, 0.2) is 0 Å². The molecule has 0 aliphatic heterocycles. The number of rotatable bonds is 5. The molecule has 16 heavy (non-hydrogen) atoms. The van der Waals surface area contributed by atoms with Crippen molar-refractivity contribution in [3.63, 3.8) is 0 Å². The van der Waals surface area contributed by atoms with Gasteiger partial charge < -0.3 is 5.11 Å². The summed E-state index contributed by atoms with van der Waals surface area (Å²) in [6, 6.07) is 6.51. The highest BCUT2D eigenvalue weighted by Gasteiger charge is 2.29. The van der Waals surface area contributed by atoms with Gasteiger partial charge in [0.25, 0.3) is 0 Å². The zero-order chi connectivity index (χ0) is 12.2. The monoisotopic (exact) mass is 224 g/mol. The van der Waals surface area contributed by atoms with E-state index in [9.17, 15) is 9.50 Å². The second kappa shape index (κ2) is 5.44. The molecule has 1 aromatic carbocycles. The molecule has 0 saturated heterocycles. The van der Waals surface area contributed by atoms with Crippen molar-refractivity contribution < 1.29 is 9.50 Å². The van der Waals surface area contributed by atoms with E-state index < -0.39 is 5.60 Å². The minimum absolute atomic E-state index is 0.310. The molecule has 1 aromatic rings. The van der Waals surface area contributed by atoms with E-state index in [4.69, 9.17) is 0 Å². The molecule has 0 aromatic heterocycles. The standard InChI is InChI=1S/C14H21FO/c1-4-14(16,10-9-11(2)3)12-7-5-6-8-13(12)15/h5-8,11,16H,4,9-10H2,1-3H3. The zero-order valence-electron chi connectivity index (χ0n) is 10.3. The summed E-state index contributed by atoms with van der Waals surface area (Å²) in [6.45, 7) is 6.11. The van der Waals surface area contributed by atoms with E-state index in [1.54, 1.807) is 18.2 Å². The van der Waals surface area contributed by atoms with Crippen LogP contribution in [0.15, 0.2) is 24.3 Å². The molecule has 1 unspecified atom stereocenters. The van der Waals surface area contributed by atoms with Gasteiger partial charge in [0, 0.05) is 5.56 Å². The molecule has 90 valence electrons. The molecule has 0 radical (unpaired) electrons. The van der Waals surface area contributed by atoms with E-state index in [1.165, 1.54) is 6.07 Å². The van der Waals surface area contributed by atoms with Crippen LogP contribution in [-0.2, 0) is 5.60 Å². The van der Waals surface area contributed by atoms with Gasteiger partial charge in [0.05, 0.1) is 5.60 Å². The maximum absolute atomic E-state index is 13.6. The van der Waals surface area contributed by atoms with Gasteiger partial charge in [0.1, 0.15) is 5.82 Å². The van der Waals surface area contributed by atoms with Gasteiger partial charge in [-0.05, 0) is 31.2 Å². The summed E-state index contributed by atoms with van der Waals surface area (Å²) in [5.41, 5.74) is -0.589. The fourth-order valence-electron chi connectivity index (χ4n) is 1.87. The maximum atomic E-state index is 13.6. The molecule has 1 nitrogen and oxygen atoms in total. The second-order valence-corrected chi connectivity index (χ2v) is 4.80. The normalized spacial score (nSPS) is 15.1. The van der Waals surface area contributed by atoms with Crippen LogP contribution in [0, 0.1) is 11.7 Å².